The van der Waals surface area contributed by atoms with Crippen molar-refractivity contribution in [2.75, 3.05) is 0 Å². The molecule has 0 radical (unpaired) electrons. The smallest absolute Gasteiger partial charge is 0.379 e. The molecule has 0 aromatic heterocycles. The van der Waals surface area contributed by atoms with Crippen molar-refractivity contribution in [3.63, 3.8) is 0 Å². The molecule has 100 valence electrons. The normalized spacial score (nSPS) is 13.3. The van der Waals surface area contributed by atoms with Gasteiger partial charge in [-0.2, -0.15) is 13.2 Å². The fraction of sp³-hybridized carbons (Fsp3) is 0.143. The van der Waals surface area contributed by atoms with Crippen LogP contribution in [0.5, 0.6) is 0 Å². The summed E-state index contributed by atoms with van der Waals surface area (Å²) in [4.78, 5) is 0. The van der Waals surface area contributed by atoms with E-state index >= 15 is 0 Å². The van der Waals surface area contributed by atoms with Gasteiger partial charge in [0.15, 0.2) is 6.10 Å². The van der Waals surface area contributed by atoms with Crippen LogP contribution in [0.15, 0.2) is 48.5 Å². The summed E-state index contributed by atoms with van der Waals surface area (Å²) in [6, 6.07) is 12.6. The van der Waals surface area contributed by atoms with Gasteiger partial charge < -0.3 is 5.11 Å². The van der Waals surface area contributed by atoms with Crippen LogP contribution < -0.4 is 0 Å². The largest absolute Gasteiger partial charge is 0.418 e. The number of aliphatic hydroxyl groups is 1. The van der Waals surface area contributed by atoms with Gasteiger partial charge in [0.1, 0.15) is 0 Å². The lowest BCUT2D eigenvalue weighted by Crippen LogP contribution is -2.19. The van der Waals surface area contributed by atoms with Crippen molar-refractivity contribution in [2.45, 2.75) is 12.3 Å². The van der Waals surface area contributed by atoms with Gasteiger partial charge in [0.25, 0.3) is 0 Å². The van der Waals surface area contributed by atoms with Gasteiger partial charge in [0.05, 0.1) is 0 Å². The van der Waals surface area contributed by atoms with Crippen LogP contribution in [0.4, 0.5) is 13.2 Å². The third-order valence-corrected chi connectivity index (χ3v) is 2.93. The standard InChI is InChI=1S/C14H10ClF3O/c15-12-3-1-2-11(8-12)9-4-6-10(7-5-9)13(19)14(16,17)18/h1-8,13,19H/t13-/m1/s1. The Morgan fingerprint density at radius 2 is 1.58 bits per heavy atom. The number of rotatable bonds is 2. The van der Waals surface area contributed by atoms with Crippen LogP contribution in [0.25, 0.3) is 11.1 Å². The van der Waals surface area contributed by atoms with Crippen LogP contribution in [0.2, 0.25) is 5.02 Å². The molecule has 0 aliphatic rings. The van der Waals surface area contributed by atoms with E-state index in [0.717, 1.165) is 11.1 Å². The van der Waals surface area contributed by atoms with E-state index in [-0.39, 0.29) is 5.56 Å². The summed E-state index contributed by atoms with van der Waals surface area (Å²) in [5, 5.41) is 9.67. The SMILES string of the molecule is O[C@H](c1ccc(-c2cccc(Cl)c2)cc1)C(F)(F)F. The average Bonchev–Trinajstić information content (AvgIpc) is 2.37. The summed E-state index contributed by atoms with van der Waals surface area (Å²) < 4.78 is 37.0. The lowest BCUT2D eigenvalue weighted by Gasteiger charge is -2.15. The van der Waals surface area contributed by atoms with Crippen molar-refractivity contribution in [1.29, 1.82) is 0 Å². The number of hydrogen-bond donors (Lipinski definition) is 1. The molecule has 19 heavy (non-hydrogen) atoms. The second-order valence-electron chi connectivity index (χ2n) is 4.08. The van der Waals surface area contributed by atoms with Gasteiger partial charge in [-0.15, -0.1) is 0 Å². The van der Waals surface area contributed by atoms with Crippen LogP contribution in [0.3, 0.4) is 0 Å². The van der Waals surface area contributed by atoms with E-state index in [4.69, 9.17) is 16.7 Å². The maximum atomic E-state index is 12.3. The lowest BCUT2D eigenvalue weighted by atomic mass is 10.0. The number of aliphatic hydroxyl groups excluding tert-OH is 1. The third kappa shape index (κ3) is 3.28. The predicted molar refractivity (Wildman–Crippen MR) is 67.9 cm³/mol. The topological polar surface area (TPSA) is 20.2 Å². The maximum absolute atomic E-state index is 12.3. The molecule has 0 saturated heterocycles. The van der Waals surface area contributed by atoms with E-state index in [9.17, 15) is 13.2 Å². The van der Waals surface area contributed by atoms with E-state index in [1.54, 1.807) is 24.3 Å². The fourth-order valence-corrected chi connectivity index (χ4v) is 1.91. The van der Waals surface area contributed by atoms with Crippen LogP contribution in [0.1, 0.15) is 11.7 Å². The first kappa shape index (κ1) is 13.9. The Bertz CT molecular complexity index is 564. The minimum absolute atomic E-state index is 0.182. The zero-order chi connectivity index (χ0) is 14.0. The second kappa shape index (κ2) is 5.23. The first-order valence-electron chi connectivity index (χ1n) is 5.48. The molecule has 0 saturated carbocycles. The molecule has 0 fully saturated rings. The Morgan fingerprint density at radius 1 is 0.947 bits per heavy atom. The zero-order valence-electron chi connectivity index (χ0n) is 9.66. The minimum atomic E-state index is -4.66. The molecule has 0 aliphatic heterocycles. The molecule has 5 heteroatoms. The van der Waals surface area contributed by atoms with Crippen molar-refractivity contribution in [2.24, 2.45) is 0 Å². The van der Waals surface area contributed by atoms with Gasteiger partial charge in [0, 0.05) is 5.02 Å². The zero-order valence-corrected chi connectivity index (χ0v) is 10.4. The lowest BCUT2D eigenvalue weighted by molar-refractivity contribution is -0.206. The van der Waals surface area contributed by atoms with Crippen molar-refractivity contribution in [3.05, 3.63) is 59.1 Å². The summed E-state index contributed by atoms with van der Waals surface area (Å²) in [6.45, 7) is 0. The molecule has 0 bridgehead atoms. The monoisotopic (exact) mass is 286 g/mol. The van der Waals surface area contributed by atoms with Crippen molar-refractivity contribution in [3.8, 4) is 11.1 Å². The van der Waals surface area contributed by atoms with E-state index in [2.05, 4.69) is 0 Å². The molecule has 1 atom stereocenters. The summed E-state index contributed by atoms with van der Waals surface area (Å²) in [6.07, 6.45) is -7.11. The highest BCUT2D eigenvalue weighted by molar-refractivity contribution is 6.30. The molecule has 1 N–H and O–H groups in total. The highest BCUT2D eigenvalue weighted by Crippen LogP contribution is 2.33. The molecule has 1 nitrogen and oxygen atoms in total. The fourth-order valence-electron chi connectivity index (χ4n) is 1.71. The summed E-state index contributed by atoms with van der Waals surface area (Å²) in [5.74, 6) is 0. The maximum Gasteiger partial charge on any atom is 0.418 e. The number of benzene rings is 2. The molecule has 0 amide bonds. The predicted octanol–water partition coefficient (Wildman–Crippen LogP) is 4.60. The molecular weight excluding hydrogens is 277 g/mol. The van der Waals surface area contributed by atoms with E-state index in [0.29, 0.717) is 5.02 Å². The van der Waals surface area contributed by atoms with E-state index in [1.807, 2.05) is 0 Å². The number of halogens is 4. The molecular formula is C14H10ClF3O. The Kier molecular flexibility index (Phi) is 3.83. The quantitative estimate of drug-likeness (QED) is 0.855. The summed E-state index contributed by atoms with van der Waals surface area (Å²) >= 11 is 5.85. The highest BCUT2D eigenvalue weighted by Gasteiger charge is 2.39. The van der Waals surface area contributed by atoms with Gasteiger partial charge in [-0.3, -0.25) is 0 Å². The van der Waals surface area contributed by atoms with Crippen LogP contribution in [-0.2, 0) is 0 Å². The average molecular weight is 287 g/mol. The minimum Gasteiger partial charge on any atom is -0.379 e. The van der Waals surface area contributed by atoms with Crippen molar-refractivity contribution in [1.82, 2.24) is 0 Å². The first-order chi connectivity index (χ1) is 8.88. The molecule has 0 unspecified atom stereocenters. The van der Waals surface area contributed by atoms with Gasteiger partial charge >= 0.3 is 6.18 Å². The van der Waals surface area contributed by atoms with Gasteiger partial charge in [-0.05, 0) is 28.8 Å². The second-order valence-corrected chi connectivity index (χ2v) is 4.51. The van der Waals surface area contributed by atoms with Gasteiger partial charge in [0.2, 0.25) is 0 Å². The van der Waals surface area contributed by atoms with Crippen LogP contribution in [0, 0.1) is 0 Å². The number of hydrogen-bond acceptors (Lipinski definition) is 1. The molecule has 0 aliphatic carbocycles. The molecule has 2 aromatic rings. The third-order valence-electron chi connectivity index (χ3n) is 2.69. The Balaban J connectivity index is 2.29. The van der Waals surface area contributed by atoms with E-state index in [1.165, 1.54) is 24.3 Å². The van der Waals surface area contributed by atoms with E-state index < -0.39 is 12.3 Å². The molecule has 2 aromatic carbocycles. The van der Waals surface area contributed by atoms with Gasteiger partial charge in [-0.1, -0.05) is 48.0 Å². The first-order valence-corrected chi connectivity index (χ1v) is 5.86. The Hall–Kier alpha value is -1.52. The highest BCUT2D eigenvalue weighted by atomic mass is 35.5. The van der Waals surface area contributed by atoms with Crippen LogP contribution in [-0.4, -0.2) is 11.3 Å². The van der Waals surface area contributed by atoms with Crippen molar-refractivity contribution >= 4 is 11.6 Å². The molecule has 0 spiro atoms. The Morgan fingerprint density at radius 3 is 2.11 bits per heavy atom. The summed E-state index contributed by atoms with van der Waals surface area (Å²) in [5.41, 5.74) is 1.36. The van der Waals surface area contributed by atoms with Crippen LogP contribution >= 0.6 is 11.6 Å². The Labute approximate surface area is 113 Å². The molecule has 0 heterocycles. The van der Waals surface area contributed by atoms with Crippen molar-refractivity contribution < 1.29 is 18.3 Å². The molecule has 2 rings (SSSR count). The van der Waals surface area contributed by atoms with Gasteiger partial charge in [-0.25, -0.2) is 0 Å². The number of alkyl halides is 3. The summed E-state index contributed by atoms with van der Waals surface area (Å²) in [7, 11) is 0.